The van der Waals surface area contributed by atoms with Gasteiger partial charge in [0.25, 0.3) is 0 Å². The number of hydrogen-bond acceptors (Lipinski definition) is 2. The Balaban J connectivity index is 0. The Morgan fingerprint density at radius 1 is 1.75 bits per heavy atom. The van der Waals surface area contributed by atoms with Gasteiger partial charge in [-0.05, 0) is 0 Å². The third-order valence-electron chi connectivity index (χ3n) is 0. The lowest BCUT2D eigenvalue weighted by atomic mass is 11.8. The number of nitrogens with zero attached hydrogens (tertiary/aromatic N) is 2. The molecule has 3 nitrogen and oxygen atoms in total. The van der Waals surface area contributed by atoms with Gasteiger partial charge in [-0.3, -0.25) is 0 Å². The van der Waals surface area contributed by atoms with Gasteiger partial charge in [-0.1, -0.05) is 5.16 Å². The van der Waals surface area contributed by atoms with E-state index in [1.54, 1.807) is 5.16 Å². The van der Waals surface area contributed by atoms with Crippen molar-refractivity contribution in [3.8, 4) is 0 Å². The molecule has 3 heteroatoms. The van der Waals surface area contributed by atoms with Crippen molar-refractivity contribution in [1.29, 1.82) is 0 Å². The van der Waals surface area contributed by atoms with E-state index in [4.69, 9.17) is 11.9 Å². The van der Waals surface area contributed by atoms with Crippen LogP contribution in [0.1, 0.15) is 0 Å². The lowest BCUT2D eigenvalue weighted by molar-refractivity contribution is 0.323. The molecule has 4 heavy (non-hydrogen) atoms. The summed E-state index contributed by atoms with van der Waals surface area (Å²) in [7, 11) is 0. The Morgan fingerprint density at radius 3 is 1.75 bits per heavy atom. The van der Waals surface area contributed by atoms with E-state index >= 15 is 0 Å². The van der Waals surface area contributed by atoms with Gasteiger partial charge in [0.1, 0.15) is 0 Å². The summed E-state index contributed by atoms with van der Waals surface area (Å²) in [6.07, 6.45) is 0. The van der Waals surface area contributed by atoms with Crippen molar-refractivity contribution in [2.24, 2.45) is 5.16 Å². The quantitative estimate of drug-likeness (QED) is 0.224. The van der Waals surface area contributed by atoms with Crippen molar-refractivity contribution < 1.29 is 5.21 Å². The summed E-state index contributed by atoms with van der Waals surface area (Å²) in [6, 6.07) is 0. The van der Waals surface area contributed by atoms with Gasteiger partial charge in [-0.15, -0.1) is 0 Å². The van der Waals surface area contributed by atoms with Crippen LogP contribution >= 0.6 is 0 Å². The highest BCUT2D eigenvalue weighted by Gasteiger charge is 1.11. The monoisotopic (exact) mass is 57.0 g/mol. The molecule has 0 aromatic carbocycles. The van der Waals surface area contributed by atoms with Gasteiger partial charge in [0.05, 0.1) is 0 Å². The summed E-state index contributed by atoms with van der Waals surface area (Å²) in [5, 5.41) is 8.61. The normalized spacial score (nSPS) is 3.00. The van der Waals surface area contributed by atoms with Crippen LogP contribution in [0.5, 0.6) is 0 Å². The van der Waals surface area contributed by atoms with Gasteiger partial charge in [0.2, 0.25) is 0 Å². The molecule has 0 rings (SSSR count). The lowest BCUT2D eigenvalue weighted by Crippen LogP contribution is -1.30. The Morgan fingerprint density at radius 2 is 1.75 bits per heavy atom. The van der Waals surface area contributed by atoms with Gasteiger partial charge in [0, 0.05) is 6.15 Å². The highest BCUT2D eigenvalue weighted by atomic mass is 16.4. The fourth-order valence-corrected chi connectivity index (χ4v) is 0. The first-order valence-electron chi connectivity index (χ1n) is 0.424. The van der Waals surface area contributed by atoms with Crippen LogP contribution in [0.15, 0.2) is 5.16 Å². The molecule has 0 saturated carbocycles. The molecular formula is CHN2O. The number of hydrogen-bond donors (Lipinski definition) is 1. The molecule has 21 valence electrons. The summed E-state index contributed by atoms with van der Waals surface area (Å²) < 4.78 is 0. The summed E-state index contributed by atoms with van der Waals surface area (Å²) in [5.41, 5.74) is 0. The van der Waals surface area contributed by atoms with Crippen LogP contribution in [0, 0.1) is 0 Å². The summed E-state index contributed by atoms with van der Waals surface area (Å²) in [6.45, 7) is 5.39. The maximum Gasteiger partial charge on any atom is 0.165 e. The second-order valence-corrected chi connectivity index (χ2v) is 0.100. The fraction of sp³-hybridized carbons (Fsp3) is 0. The third-order valence-corrected chi connectivity index (χ3v) is 0. The maximum absolute atomic E-state index is 6.86. The molecule has 0 fully saturated rings. The number of rotatable bonds is 0. The molecule has 0 atom stereocenters. The topological polar surface area (TPSA) is 63.1 Å². The Hall–Kier alpha value is -0.570. The van der Waals surface area contributed by atoms with Crippen LogP contribution in [0.2, 0.25) is 0 Å². The van der Waals surface area contributed by atoms with Crippen LogP contribution in [-0.4, -0.2) is 11.9 Å². The summed E-state index contributed by atoms with van der Waals surface area (Å²) in [5.74, 6) is 0. The van der Waals surface area contributed by atoms with E-state index in [2.05, 4.69) is 0 Å². The van der Waals surface area contributed by atoms with Gasteiger partial charge in [-0.2, -0.15) is 0 Å². The van der Waals surface area contributed by atoms with E-state index in [0.717, 1.165) is 0 Å². The fourth-order valence-electron chi connectivity index (χ4n) is 0. The molecule has 1 N–H and O–H groups in total. The average molecular weight is 57.0 g/mol. The third kappa shape index (κ3) is 0.814. The van der Waals surface area contributed by atoms with E-state index in [0.29, 0.717) is 0 Å². The predicted molar refractivity (Wildman–Crippen MR) is 11.4 cm³/mol. The molecule has 0 amide bonds. The van der Waals surface area contributed by atoms with E-state index in [1.165, 1.54) is 0 Å². The Kier molecular flexibility index (Phi) is 66.5. The Bertz CT molecular complexity index is 13.5. The molecule has 0 aromatic heterocycles. The average Bonchev–Trinajstić information content (AvgIpc) is 0.918. The molecule has 0 aliphatic rings. The standard InChI is InChI=1S/CHNO.N/c1-2-3;/h3H;. The van der Waals surface area contributed by atoms with E-state index < -0.39 is 0 Å². The molecule has 0 unspecified atom stereocenters. The second kappa shape index (κ2) is 26.9. The van der Waals surface area contributed by atoms with Crippen molar-refractivity contribution >= 4 is 6.72 Å². The molecule has 0 heterocycles. The lowest BCUT2D eigenvalue weighted by Gasteiger charge is -1.41. The van der Waals surface area contributed by atoms with E-state index in [9.17, 15) is 0 Å². The summed E-state index contributed by atoms with van der Waals surface area (Å²) >= 11 is 0. The highest BCUT2D eigenvalue weighted by Crippen LogP contribution is 1.20. The maximum atomic E-state index is 6.86. The first-order chi connectivity index (χ1) is 1.41. The van der Waals surface area contributed by atoms with Crippen LogP contribution in [0.25, 0.3) is 0 Å². The summed E-state index contributed by atoms with van der Waals surface area (Å²) in [4.78, 5) is 0. The molecular weight excluding hydrogens is 56.0 g/mol. The first kappa shape index (κ1) is 9.90. The minimum absolute atomic E-state index is 0. The van der Waals surface area contributed by atoms with Gasteiger partial charge < -0.3 is 5.21 Å². The highest BCUT2D eigenvalue weighted by molar-refractivity contribution is 5.20. The van der Waals surface area contributed by atoms with Crippen molar-refractivity contribution in [3.63, 3.8) is 0 Å². The van der Waals surface area contributed by atoms with Gasteiger partial charge in [0.15, 0.2) is 6.72 Å². The molecule has 0 aliphatic heterocycles. The predicted octanol–water partition coefficient (Wildman–Crippen LogP) is -0.650. The van der Waals surface area contributed by atoms with Crippen LogP contribution in [0.3, 0.4) is 0 Å². The molecule has 0 saturated heterocycles. The molecule has 0 bridgehead atoms. The smallest absolute Gasteiger partial charge is 0.165 e. The van der Waals surface area contributed by atoms with Crippen molar-refractivity contribution in [2.45, 2.75) is 0 Å². The van der Waals surface area contributed by atoms with Crippen LogP contribution in [-0.2, 0) is 0 Å². The van der Waals surface area contributed by atoms with Gasteiger partial charge >= 0.3 is 0 Å². The largest absolute Gasteiger partial charge is 0.410 e. The zero-order valence-electron chi connectivity index (χ0n) is 1.84. The second-order valence-electron chi connectivity index (χ2n) is 0.100. The Labute approximate surface area is 24.5 Å². The molecule has 0 aromatic rings. The van der Waals surface area contributed by atoms with E-state index in [1.807, 2.05) is 0 Å². The first-order valence-corrected chi connectivity index (χ1v) is 0.424. The van der Waals surface area contributed by atoms with Crippen molar-refractivity contribution in [3.05, 3.63) is 0 Å². The van der Waals surface area contributed by atoms with Crippen molar-refractivity contribution in [1.82, 2.24) is 6.15 Å². The zero-order valence-corrected chi connectivity index (χ0v) is 1.84. The van der Waals surface area contributed by atoms with Crippen molar-refractivity contribution in [2.75, 3.05) is 0 Å². The molecule has 0 spiro atoms. The minimum Gasteiger partial charge on any atom is -0.410 e. The molecule has 5 radical (unpaired) electrons. The zero-order chi connectivity index (χ0) is 2.71. The van der Waals surface area contributed by atoms with Gasteiger partial charge in [-0.25, -0.2) is 0 Å². The van der Waals surface area contributed by atoms with E-state index in [-0.39, 0.29) is 6.15 Å². The SMILES string of the molecule is [C]=NO.[N]. The minimum atomic E-state index is 0. The van der Waals surface area contributed by atoms with Crippen LogP contribution in [0.4, 0.5) is 0 Å². The van der Waals surface area contributed by atoms with Crippen LogP contribution < -0.4 is 6.15 Å². The molecule has 0 aliphatic carbocycles.